The van der Waals surface area contributed by atoms with Crippen molar-refractivity contribution in [2.75, 3.05) is 7.11 Å². The van der Waals surface area contributed by atoms with E-state index in [2.05, 4.69) is 0 Å². The van der Waals surface area contributed by atoms with Gasteiger partial charge >= 0.3 is 0 Å². The molecule has 3 nitrogen and oxygen atoms in total. The van der Waals surface area contributed by atoms with Crippen LogP contribution in [0.2, 0.25) is 0 Å². The maximum absolute atomic E-state index is 10.8. The fourth-order valence-electron chi connectivity index (χ4n) is 2.68. The minimum absolute atomic E-state index is 0.0540. The molecule has 0 saturated heterocycles. The van der Waals surface area contributed by atoms with Crippen LogP contribution in [-0.2, 0) is 5.60 Å². The van der Waals surface area contributed by atoms with Crippen LogP contribution in [0.3, 0.4) is 0 Å². The fourth-order valence-corrected chi connectivity index (χ4v) is 2.68. The van der Waals surface area contributed by atoms with Crippen LogP contribution in [0.4, 0.5) is 0 Å². The molecule has 94 valence electrons. The van der Waals surface area contributed by atoms with Gasteiger partial charge in [-0.25, -0.2) is 0 Å². The van der Waals surface area contributed by atoms with Gasteiger partial charge in [0.2, 0.25) is 0 Å². The Kier molecular flexibility index (Phi) is 3.40. The van der Waals surface area contributed by atoms with Crippen molar-refractivity contribution in [3.05, 3.63) is 29.8 Å². The summed E-state index contributed by atoms with van der Waals surface area (Å²) in [6, 6.07) is 7.57. The molecule has 3 unspecified atom stereocenters. The van der Waals surface area contributed by atoms with E-state index in [0.717, 1.165) is 11.3 Å². The molecule has 0 aliphatic heterocycles. The molecular formula is C14H20O3. The van der Waals surface area contributed by atoms with Gasteiger partial charge in [-0.3, -0.25) is 0 Å². The largest absolute Gasteiger partial charge is 0.497 e. The van der Waals surface area contributed by atoms with Gasteiger partial charge < -0.3 is 14.9 Å². The second-order valence-corrected chi connectivity index (χ2v) is 4.99. The lowest BCUT2D eigenvalue weighted by atomic mass is 9.71. The predicted octanol–water partition coefficient (Wildman–Crippen LogP) is 2.06. The average Bonchev–Trinajstić information content (AvgIpc) is 2.34. The van der Waals surface area contributed by atoms with Crippen molar-refractivity contribution in [2.45, 2.75) is 37.9 Å². The first-order chi connectivity index (χ1) is 8.06. The van der Waals surface area contributed by atoms with E-state index in [1.165, 1.54) is 0 Å². The number of aliphatic hydroxyl groups excluding tert-OH is 1. The molecule has 1 aromatic carbocycles. The van der Waals surface area contributed by atoms with Crippen LogP contribution in [0.15, 0.2) is 24.3 Å². The summed E-state index contributed by atoms with van der Waals surface area (Å²) in [5.74, 6) is 0.813. The standard InChI is InChI=1S/C14H20O3/c1-10-8-12(15)6-7-14(10,16)11-4-3-5-13(9-11)17-2/h3-5,9-10,12,15-16H,6-8H2,1-2H3. The predicted molar refractivity (Wildman–Crippen MR) is 65.9 cm³/mol. The summed E-state index contributed by atoms with van der Waals surface area (Å²) in [7, 11) is 1.62. The maximum Gasteiger partial charge on any atom is 0.119 e. The molecule has 0 radical (unpaired) electrons. The highest BCUT2D eigenvalue weighted by molar-refractivity contribution is 5.33. The molecule has 1 fully saturated rings. The molecule has 0 aromatic heterocycles. The van der Waals surface area contributed by atoms with Gasteiger partial charge in [0, 0.05) is 0 Å². The van der Waals surface area contributed by atoms with Crippen LogP contribution >= 0.6 is 0 Å². The van der Waals surface area contributed by atoms with Gasteiger partial charge in [0.1, 0.15) is 5.75 Å². The Balaban J connectivity index is 2.30. The zero-order chi connectivity index (χ0) is 12.5. The summed E-state index contributed by atoms with van der Waals surface area (Å²) in [6.45, 7) is 1.99. The monoisotopic (exact) mass is 236 g/mol. The van der Waals surface area contributed by atoms with Crippen molar-refractivity contribution in [3.8, 4) is 5.75 Å². The second kappa shape index (κ2) is 4.67. The number of aliphatic hydroxyl groups is 2. The summed E-state index contributed by atoms with van der Waals surface area (Å²) in [4.78, 5) is 0. The Bertz CT molecular complexity index is 391. The van der Waals surface area contributed by atoms with E-state index in [0.29, 0.717) is 19.3 Å². The lowest BCUT2D eigenvalue weighted by Gasteiger charge is -2.40. The summed E-state index contributed by atoms with van der Waals surface area (Å²) in [5.41, 5.74) is 0.0459. The summed E-state index contributed by atoms with van der Waals surface area (Å²) in [6.07, 6.45) is 1.62. The minimum atomic E-state index is -0.840. The molecule has 0 heterocycles. The van der Waals surface area contributed by atoms with Crippen molar-refractivity contribution in [1.29, 1.82) is 0 Å². The Morgan fingerprint density at radius 2 is 2.18 bits per heavy atom. The quantitative estimate of drug-likeness (QED) is 0.826. The van der Waals surface area contributed by atoms with Gasteiger partial charge in [-0.15, -0.1) is 0 Å². The molecule has 2 N–H and O–H groups in total. The first kappa shape index (κ1) is 12.4. The Hall–Kier alpha value is -1.06. The van der Waals surface area contributed by atoms with Gasteiger partial charge in [0.05, 0.1) is 18.8 Å². The summed E-state index contributed by atoms with van der Waals surface area (Å²) < 4.78 is 5.19. The average molecular weight is 236 g/mol. The lowest BCUT2D eigenvalue weighted by Crippen LogP contribution is -2.40. The van der Waals surface area contributed by atoms with Gasteiger partial charge in [0.25, 0.3) is 0 Å². The van der Waals surface area contributed by atoms with Crippen molar-refractivity contribution in [3.63, 3.8) is 0 Å². The van der Waals surface area contributed by atoms with E-state index in [1.807, 2.05) is 31.2 Å². The fraction of sp³-hybridized carbons (Fsp3) is 0.571. The Morgan fingerprint density at radius 3 is 2.82 bits per heavy atom. The minimum Gasteiger partial charge on any atom is -0.497 e. The molecule has 1 saturated carbocycles. The van der Waals surface area contributed by atoms with Crippen LogP contribution < -0.4 is 4.74 Å². The third kappa shape index (κ3) is 2.31. The molecule has 3 heteroatoms. The zero-order valence-corrected chi connectivity index (χ0v) is 10.4. The highest BCUT2D eigenvalue weighted by Crippen LogP contribution is 2.42. The molecule has 1 aliphatic carbocycles. The Labute approximate surface area is 102 Å². The van der Waals surface area contributed by atoms with E-state index < -0.39 is 5.60 Å². The van der Waals surface area contributed by atoms with E-state index in [-0.39, 0.29) is 12.0 Å². The maximum atomic E-state index is 10.8. The number of rotatable bonds is 2. The van der Waals surface area contributed by atoms with E-state index in [4.69, 9.17) is 4.74 Å². The normalized spacial score (nSPS) is 33.4. The molecule has 0 amide bonds. The van der Waals surface area contributed by atoms with E-state index in [1.54, 1.807) is 7.11 Å². The first-order valence-corrected chi connectivity index (χ1v) is 6.11. The van der Waals surface area contributed by atoms with Gasteiger partial charge in [0.15, 0.2) is 0 Å². The molecule has 0 bridgehead atoms. The van der Waals surface area contributed by atoms with Gasteiger partial charge in [-0.2, -0.15) is 0 Å². The van der Waals surface area contributed by atoms with Crippen LogP contribution in [0.25, 0.3) is 0 Å². The van der Waals surface area contributed by atoms with Crippen molar-refractivity contribution < 1.29 is 14.9 Å². The van der Waals surface area contributed by atoms with Crippen LogP contribution in [0.1, 0.15) is 31.7 Å². The molecule has 2 rings (SSSR count). The SMILES string of the molecule is COc1cccc(C2(O)CCC(O)CC2C)c1. The smallest absolute Gasteiger partial charge is 0.119 e. The van der Waals surface area contributed by atoms with Crippen molar-refractivity contribution in [2.24, 2.45) is 5.92 Å². The summed E-state index contributed by atoms with van der Waals surface area (Å²) >= 11 is 0. The van der Waals surface area contributed by atoms with Crippen molar-refractivity contribution in [1.82, 2.24) is 0 Å². The number of ether oxygens (including phenoxy) is 1. The highest BCUT2D eigenvalue weighted by atomic mass is 16.5. The second-order valence-electron chi connectivity index (χ2n) is 4.99. The number of methoxy groups -OCH3 is 1. The Morgan fingerprint density at radius 1 is 1.41 bits per heavy atom. The molecular weight excluding hydrogens is 216 g/mol. The number of hydrogen-bond acceptors (Lipinski definition) is 3. The molecule has 3 atom stereocenters. The first-order valence-electron chi connectivity index (χ1n) is 6.11. The van der Waals surface area contributed by atoms with E-state index >= 15 is 0 Å². The van der Waals surface area contributed by atoms with Gasteiger partial charge in [-0.05, 0) is 42.9 Å². The highest BCUT2D eigenvalue weighted by Gasteiger charge is 2.40. The summed E-state index contributed by atoms with van der Waals surface area (Å²) in [5, 5.41) is 20.4. The zero-order valence-electron chi connectivity index (χ0n) is 10.4. The molecule has 17 heavy (non-hydrogen) atoms. The number of benzene rings is 1. The van der Waals surface area contributed by atoms with Crippen LogP contribution in [-0.4, -0.2) is 23.4 Å². The van der Waals surface area contributed by atoms with Gasteiger partial charge in [-0.1, -0.05) is 19.1 Å². The molecule has 0 spiro atoms. The number of hydrogen-bond donors (Lipinski definition) is 2. The molecule has 1 aromatic rings. The van der Waals surface area contributed by atoms with Crippen LogP contribution in [0, 0.1) is 5.92 Å². The lowest BCUT2D eigenvalue weighted by molar-refractivity contribution is -0.0793. The topological polar surface area (TPSA) is 49.7 Å². The third-order valence-corrected chi connectivity index (χ3v) is 3.87. The molecule has 1 aliphatic rings. The van der Waals surface area contributed by atoms with Crippen molar-refractivity contribution >= 4 is 0 Å². The van der Waals surface area contributed by atoms with E-state index in [9.17, 15) is 10.2 Å². The third-order valence-electron chi connectivity index (χ3n) is 3.87. The van der Waals surface area contributed by atoms with Crippen LogP contribution in [0.5, 0.6) is 5.75 Å².